The zero-order valence-electron chi connectivity index (χ0n) is 19.2. The van der Waals surface area contributed by atoms with Crippen molar-refractivity contribution >= 4 is 11.8 Å². The molecule has 0 saturated heterocycles. The molecule has 5 nitrogen and oxygen atoms in total. The summed E-state index contributed by atoms with van der Waals surface area (Å²) in [6.45, 7) is 0.863. The number of benzene rings is 2. The van der Waals surface area contributed by atoms with Gasteiger partial charge in [-0.3, -0.25) is 0 Å². The van der Waals surface area contributed by atoms with Gasteiger partial charge in [-0.1, -0.05) is 67.5 Å². The van der Waals surface area contributed by atoms with Crippen LogP contribution in [0.1, 0.15) is 48.8 Å². The van der Waals surface area contributed by atoms with Crippen LogP contribution in [0.5, 0.6) is 5.75 Å². The summed E-state index contributed by atoms with van der Waals surface area (Å²) in [5.74, 6) is 7.50. The molecule has 0 bridgehead atoms. The standard InChI is InChI=1S/C27H27F3N4O/c28-27(29,30)35-24-14-8-7-13-22(24)18-32-26-33-19-23(16-15-20-9-3-1-4-10-20)25(34-26)31-17-21-11-5-2-6-12-21/h1,3-4,7-10,13-14,19,21H,2,5-6,11-12,17-18H2,(H2,31,32,33,34). The van der Waals surface area contributed by atoms with Crippen LogP contribution in [0.15, 0.2) is 60.8 Å². The summed E-state index contributed by atoms with van der Waals surface area (Å²) in [6.07, 6.45) is 3.00. The van der Waals surface area contributed by atoms with E-state index in [0.717, 1.165) is 12.1 Å². The molecule has 1 heterocycles. The van der Waals surface area contributed by atoms with E-state index in [2.05, 4.69) is 37.2 Å². The average Bonchev–Trinajstić information content (AvgIpc) is 2.86. The summed E-state index contributed by atoms with van der Waals surface area (Å²) in [5.41, 5.74) is 1.89. The van der Waals surface area contributed by atoms with Gasteiger partial charge in [0, 0.05) is 24.2 Å². The summed E-state index contributed by atoms with van der Waals surface area (Å²) in [5, 5.41) is 6.44. The van der Waals surface area contributed by atoms with Crippen LogP contribution in [0, 0.1) is 17.8 Å². The molecule has 2 N–H and O–H groups in total. The van der Waals surface area contributed by atoms with Crippen molar-refractivity contribution in [2.75, 3.05) is 17.2 Å². The van der Waals surface area contributed by atoms with E-state index < -0.39 is 6.36 Å². The molecule has 4 rings (SSSR count). The molecule has 8 heteroatoms. The van der Waals surface area contributed by atoms with Crippen LogP contribution in [0.25, 0.3) is 0 Å². The van der Waals surface area contributed by atoms with Crippen molar-refractivity contribution in [2.45, 2.75) is 45.0 Å². The molecule has 35 heavy (non-hydrogen) atoms. The number of aromatic nitrogens is 2. The van der Waals surface area contributed by atoms with E-state index in [1.807, 2.05) is 30.3 Å². The Morgan fingerprint density at radius 2 is 1.66 bits per heavy atom. The maximum Gasteiger partial charge on any atom is 0.573 e. The molecular formula is C27H27F3N4O. The molecular weight excluding hydrogens is 453 g/mol. The molecule has 0 aliphatic heterocycles. The van der Waals surface area contributed by atoms with Crippen LogP contribution < -0.4 is 15.4 Å². The van der Waals surface area contributed by atoms with Gasteiger partial charge in [-0.15, -0.1) is 13.2 Å². The minimum Gasteiger partial charge on any atom is -0.405 e. The van der Waals surface area contributed by atoms with Gasteiger partial charge in [0.05, 0.1) is 11.8 Å². The van der Waals surface area contributed by atoms with Crippen LogP contribution >= 0.6 is 0 Å². The highest BCUT2D eigenvalue weighted by molar-refractivity contribution is 5.57. The zero-order valence-corrected chi connectivity index (χ0v) is 19.2. The Hall–Kier alpha value is -3.73. The normalized spacial score (nSPS) is 14.0. The number of hydrogen-bond acceptors (Lipinski definition) is 5. The minimum atomic E-state index is -4.76. The van der Waals surface area contributed by atoms with Crippen LogP contribution in [-0.4, -0.2) is 22.9 Å². The maximum absolute atomic E-state index is 12.7. The second kappa shape index (κ2) is 11.6. The van der Waals surface area contributed by atoms with Gasteiger partial charge in [0.25, 0.3) is 0 Å². The summed E-state index contributed by atoms with van der Waals surface area (Å²) in [6, 6.07) is 15.6. The van der Waals surface area contributed by atoms with Gasteiger partial charge < -0.3 is 15.4 Å². The molecule has 3 aromatic rings. The first kappa shape index (κ1) is 24.4. The molecule has 0 atom stereocenters. The Morgan fingerprint density at radius 3 is 2.43 bits per heavy atom. The first-order valence-corrected chi connectivity index (χ1v) is 11.7. The topological polar surface area (TPSA) is 59.1 Å². The lowest BCUT2D eigenvalue weighted by Crippen LogP contribution is -2.19. The van der Waals surface area contributed by atoms with E-state index in [-0.39, 0.29) is 12.3 Å². The van der Waals surface area contributed by atoms with Crippen molar-refractivity contribution in [2.24, 2.45) is 5.92 Å². The van der Waals surface area contributed by atoms with E-state index in [4.69, 9.17) is 0 Å². The number of hydrogen-bond donors (Lipinski definition) is 2. The molecule has 0 radical (unpaired) electrons. The molecule has 0 amide bonds. The highest BCUT2D eigenvalue weighted by Crippen LogP contribution is 2.27. The molecule has 182 valence electrons. The predicted molar refractivity (Wildman–Crippen MR) is 130 cm³/mol. The van der Waals surface area contributed by atoms with E-state index >= 15 is 0 Å². The van der Waals surface area contributed by atoms with Gasteiger partial charge in [0.1, 0.15) is 11.6 Å². The van der Waals surface area contributed by atoms with E-state index in [0.29, 0.717) is 28.8 Å². The zero-order chi connectivity index (χ0) is 24.5. The molecule has 0 spiro atoms. The highest BCUT2D eigenvalue weighted by atomic mass is 19.4. The summed E-state index contributed by atoms with van der Waals surface area (Å²) in [7, 11) is 0. The van der Waals surface area contributed by atoms with Gasteiger partial charge in [-0.05, 0) is 37.0 Å². The number of rotatable bonds is 7. The van der Waals surface area contributed by atoms with E-state index in [1.165, 1.54) is 44.2 Å². The average molecular weight is 481 g/mol. The number of nitrogens with one attached hydrogen (secondary N) is 2. The van der Waals surface area contributed by atoms with Crippen LogP contribution in [0.3, 0.4) is 0 Å². The highest BCUT2D eigenvalue weighted by Gasteiger charge is 2.32. The summed E-state index contributed by atoms with van der Waals surface area (Å²) in [4.78, 5) is 8.93. The van der Waals surface area contributed by atoms with Crippen molar-refractivity contribution in [3.63, 3.8) is 0 Å². The van der Waals surface area contributed by atoms with E-state index in [1.54, 1.807) is 18.3 Å². The predicted octanol–water partition coefficient (Wildman–Crippen LogP) is 6.38. The first-order valence-electron chi connectivity index (χ1n) is 11.7. The lowest BCUT2D eigenvalue weighted by atomic mass is 9.89. The molecule has 1 fully saturated rings. The third-order valence-electron chi connectivity index (χ3n) is 5.82. The Bertz CT molecular complexity index is 1170. The van der Waals surface area contributed by atoms with Gasteiger partial charge in [0.2, 0.25) is 5.95 Å². The summed E-state index contributed by atoms with van der Waals surface area (Å²) >= 11 is 0. The number of alkyl halides is 3. The molecule has 2 aromatic carbocycles. The quantitative estimate of drug-likeness (QED) is 0.384. The Kier molecular flexibility index (Phi) is 8.09. The number of halogens is 3. The number of anilines is 2. The van der Waals surface area contributed by atoms with Gasteiger partial charge in [-0.2, -0.15) is 4.98 Å². The number of nitrogens with zero attached hydrogens (tertiary/aromatic N) is 2. The van der Waals surface area contributed by atoms with Crippen LogP contribution in [0.2, 0.25) is 0 Å². The van der Waals surface area contributed by atoms with E-state index in [9.17, 15) is 13.2 Å². The molecule has 1 aliphatic carbocycles. The largest absolute Gasteiger partial charge is 0.573 e. The third-order valence-corrected chi connectivity index (χ3v) is 5.82. The monoisotopic (exact) mass is 480 g/mol. The Labute approximate surface area is 203 Å². The second-order valence-electron chi connectivity index (χ2n) is 8.47. The molecule has 0 unspecified atom stereocenters. The first-order chi connectivity index (χ1) is 17.0. The Morgan fingerprint density at radius 1 is 0.914 bits per heavy atom. The lowest BCUT2D eigenvalue weighted by Gasteiger charge is -2.22. The number of para-hydroxylation sites is 1. The molecule has 1 saturated carbocycles. The smallest absolute Gasteiger partial charge is 0.405 e. The SMILES string of the molecule is FC(F)(F)Oc1ccccc1CNc1ncc(C#Cc2ccccc2)c(NCC2CCCCC2)n1. The van der Waals surface area contributed by atoms with Gasteiger partial charge >= 0.3 is 6.36 Å². The van der Waals surface area contributed by atoms with Crippen LogP contribution in [0.4, 0.5) is 24.9 Å². The Balaban J connectivity index is 1.51. The third kappa shape index (κ3) is 7.64. The van der Waals surface area contributed by atoms with Crippen molar-refractivity contribution < 1.29 is 17.9 Å². The van der Waals surface area contributed by atoms with Crippen molar-refractivity contribution in [3.05, 3.63) is 77.5 Å². The molecule has 1 aliphatic rings. The van der Waals surface area contributed by atoms with Crippen LogP contribution in [-0.2, 0) is 6.54 Å². The second-order valence-corrected chi connectivity index (χ2v) is 8.47. The minimum absolute atomic E-state index is 0.0728. The van der Waals surface area contributed by atoms with Crippen molar-refractivity contribution in [3.8, 4) is 17.6 Å². The van der Waals surface area contributed by atoms with Gasteiger partial charge in [-0.25, -0.2) is 4.98 Å². The van der Waals surface area contributed by atoms with Crippen molar-refractivity contribution in [1.29, 1.82) is 0 Å². The maximum atomic E-state index is 12.7. The fourth-order valence-corrected chi connectivity index (χ4v) is 4.03. The fraction of sp³-hybridized carbons (Fsp3) is 0.333. The lowest BCUT2D eigenvalue weighted by molar-refractivity contribution is -0.274. The summed E-state index contributed by atoms with van der Waals surface area (Å²) < 4.78 is 42.3. The molecule has 1 aromatic heterocycles. The van der Waals surface area contributed by atoms with Crippen molar-refractivity contribution in [1.82, 2.24) is 9.97 Å². The van der Waals surface area contributed by atoms with Gasteiger partial charge in [0.15, 0.2) is 0 Å². The number of ether oxygens (including phenoxy) is 1. The fourth-order valence-electron chi connectivity index (χ4n) is 4.03.